The summed E-state index contributed by atoms with van der Waals surface area (Å²) in [6, 6.07) is 3.64. The molecule has 4 nitrogen and oxygen atoms in total. The molecule has 0 bridgehead atoms. The Balaban J connectivity index is 2.37. The molecule has 1 heterocycles. The zero-order valence-corrected chi connectivity index (χ0v) is 12.4. The van der Waals surface area contributed by atoms with Crippen LogP contribution in [0.5, 0.6) is 5.75 Å². The van der Waals surface area contributed by atoms with Crippen LogP contribution in [0.2, 0.25) is 0 Å². The molecule has 19 heavy (non-hydrogen) atoms. The van der Waals surface area contributed by atoms with Gasteiger partial charge in [0.25, 0.3) is 0 Å². The van der Waals surface area contributed by atoms with Crippen molar-refractivity contribution in [2.75, 3.05) is 6.61 Å². The van der Waals surface area contributed by atoms with Gasteiger partial charge in [-0.05, 0) is 17.7 Å². The number of halogens is 1. The van der Waals surface area contributed by atoms with Crippen molar-refractivity contribution in [1.29, 1.82) is 0 Å². The van der Waals surface area contributed by atoms with E-state index in [0.717, 1.165) is 16.5 Å². The van der Waals surface area contributed by atoms with Crippen LogP contribution in [0.1, 0.15) is 29.8 Å². The van der Waals surface area contributed by atoms with Crippen LogP contribution in [0.4, 0.5) is 0 Å². The number of Topliss-reactive ketones (excluding diaryl/α,β-unsaturated/α-hetero) is 1. The summed E-state index contributed by atoms with van der Waals surface area (Å²) in [5.74, 6) is -1.84. The van der Waals surface area contributed by atoms with Gasteiger partial charge in [0.15, 0.2) is 5.78 Å². The molecule has 0 spiro atoms. The first-order valence-electron chi connectivity index (χ1n) is 6.14. The van der Waals surface area contributed by atoms with Crippen LogP contribution >= 0.6 is 15.9 Å². The Morgan fingerprint density at radius 3 is 2.63 bits per heavy atom. The van der Waals surface area contributed by atoms with E-state index in [0.29, 0.717) is 17.9 Å². The number of carbonyl (C=O) groups excluding carboxylic acids is 1. The normalized spacial score (nSPS) is 16.4. The monoisotopic (exact) mass is 326 g/mol. The number of ketones is 1. The maximum atomic E-state index is 12.4. The van der Waals surface area contributed by atoms with E-state index in [1.807, 2.05) is 6.07 Å². The highest BCUT2D eigenvalue weighted by Crippen LogP contribution is 2.35. The lowest BCUT2D eigenvalue weighted by molar-refractivity contribution is -0.142. The first kappa shape index (κ1) is 14.1. The van der Waals surface area contributed by atoms with Gasteiger partial charge in [0.05, 0.1) is 18.1 Å². The van der Waals surface area contributed by atoms with Gasteiger partial charge in [0.1, 0.15) is 5.75 Å². The Kier molecular flexibility index (Phi) is 3.94. The summed E-state index contributed by atoms with van der Waals surface area (Å²) in [5.41, 5.74) is 1.47. The summed E-state index contributed by atoms with van der Waals surface area (Å²) in [5, 5.41) is 9.00. The minimum Gasteiger partial charge on any atom is -0.492 e. The minimum absolute atomic E-state index is 0.186. The van der Waals surface area contributed by atoms with E-state index in [4.69, 9.17) is 9.84 Å². The largest absolute Gasteiger partial charge is 0.492 e. The van der Waals surface area contributed by atoms with Gasteiger partial charge in [0.2, 0.25) is 0 Å². The summed E-state index contributed by atoms with van der Waals surface area (Å²) < 4.78 is 6.32. The molecule has 0 aliphatic carbocycles. The van der Waals surface area contributed by atoms with Gasteiger partial charge in [-0.2, -0.15) is 0 Å². The summed E-state index contributed by atoms with van der Waals surface area (Å²) in [6.45, 7) is 3.75. The van der Waals surface area contributed by atoms with Gasteiger partial charge >= 0.3 is 5.97 Å². The Morgan fingerprint density at radius 1 is 1.32 bits per heavy atom. The summed E-state index contributed by atoms with van der Waals surface area (Å²) >= 11 is 3.38. The average molecular weight is 327 g/mol. The predicted molar refractivity (Wildman–Crippen MR) is 73.6 cm³/mol. The average Bonchev–Trinajstić information content (AvgIpc) is 2.82. The lowest BCUT2D eigenvalue weighted by atomic mass is 9.87. The molecule has 1 aliphatic heterocycles. The summed E-state index contributed by atoms with van der Waals surface area (Å²) in [4.78, 5) is 23.4. The molecule has 2 unspecified atom stereocenters. The van der Waals surface area contributed by atoms with E-state index in [1.165, 1.54) is 0 Å². The summed E-state index contributed by atoms with van der Waals surface area (Å²) in [6.07, 6.45) is 0.776. The SMILES string of the molecule is CC(C(=O)O)C(C)C(=O)c1cc(Br)cc2c1OCC2. The number of hydrogen-bond donors (Lipinski definition) is 1. The van der Waals surface area contributed by atoms with Crippen LogP contribution in [-0.4, -0.2) is 23.5 Å². The Labute approximate surface area is 119 Å². The third-order valence-corrected chi connectivity index (χ3v) is 4.02. The van der Waals surface area contributed by atoms with E-state index >= 15 is 0 Å². The molecule has 2 rings (SSSR count). The van der Waals surface area contributed by atoms with Crippen LogP contribution in [0.25, 0.3) is 0 Å². The molecule has 0 saturated heterocycles. The highest BCUT2D eigenvalue weighted by atomic mass is 79.9. The van der Waals surface area contributed by atoms with E-state index in [9.17, 15) is 9.59 Å². The molecule has 5 heteroatoms. The molecule has 0 fully saturated rings. The smallest absolute Gasteiger partial charge is 0.306 e. The fraction of sp³-hybridized carbons (Fsp3) is 0.429. The Bertz CT molecular complexity index is 538. The fourth-order valence-electron chi connectivity index (χ4n) is 2.14. The van der Waals surface area contributed by atoms with Crippen molar-refractivity contribution in [3.63, 3.8) is 0 Å². The van der Waals surface area contributed by atoms with Crippen LogP contribution in [0.3, 0.4) is 0 Å². The minimum atomic E-state index is -0.964. The second kappa shape index (κ2) is 5.33. The number of carboxylic acid groups (broad SMARTS) is 1. The molecule has 0 amide bonds. The number of rotatable bonds is 4. The van der Waals surface area contributed by atoms with Crippen molar-refractivity contribution in [2.24, 2.45) is 11.8 Å². The molecular formula is C14H15BrO4. The molecule has 1 aromatic carbocycles. The third kappa shape index (κ3) is 2.66. The van der Waals surface area contributed by atoms with Gasteiger partial charge < -0.3 is 9.84 Å². The molecule has 0 aromatic heterocycles. The quantitative estimate of drug-likeness (QED) is 0.864. The molecular weight excluding hydrogens is 312 g/mol. The maximum absolute atomic E-state index is 12.4. The fourth-order valence-corrected chi connectivity index (χ4v) is 2.64. The van der Waals surface area contributed by atoms with E-state index in [-0.39, 0.29) is 5.78 Å². The highest BCUT2D eigenvalue weighted by Gasteiger charge is 2.30. The van der Waals surface area contributed by atoms with Gasteiger partial charge in [-0.15, -0.1) is 0 Å². The first-order chi connectivity index (χ1) is 8.91. The van der Waals surface area contributed by atoms with Crippen LogP contribution in [0.15, 0.2) is 16.6 Å². The number of benzene rings is 1. The van der Waals surface area contributed by atoms with Crippen molar-refractivity contribution in [1.82, 2.24) is 0 Å². The van der Waals surface area contributed by atoms with E-state index < -0.39 is 17.8 Å². The predicted octanol–water partition coefficient (Wildman–Crippen LogP) is 2.92. The van der Waals surface area contributed by atoms with Crippen molar-refractivity contribution >= 4 is 27.7 Å². The third-order valence-electron chi connectivity index (χ3n) is 3.57. The van der Waals surface area contributed by atoms with Crippen molar-refractivity contribution in [2.45, 2.75) is 20.3 Å². The molecule has 0 radical (unpaired) electrons. The molecule has 102 valence electrons. The first-order valence-corrected chi connectivity index (χ1v) is 6.93. The number of fused-ring (bicyclic) bond motifs is 1. The Morgan fingerprint density at radius 2 is 2.00 bits per heavy atom. The lowest BCUT2D eigenvalue weighted by Gasteiger charge is -2.16. The zero-order valence-electron chi connectivity index (χ0n) is 10.8. The van der Waals surface area contributed by atoms with Gasteiger partial charge in [0, 0.05) is 16.8 Å². The van der Waals surface area contributed by atoms with Crippen LogP contribution in [-0.2, 0) is 11.2 Å². The van der Waals surface area contributed by atoms with E-state index in [1.54, 1.807) is 19.9 Å². The summed E-state index contributed by atoms with van der Waals surface area (Å²) in [7, 11) is 0. The number of carbonyl (C=O) groups is 2. The number of ether oxygens (including phenoxy) is 1. The highest BCUT2D eigenvalue weighted by molar-refractivity contribution is 9.10. The zero-order chi connectivity index (χ0) is 14.2. The molecule has 1 N–H and O–H groups in total. The Hall–Kier alpha value is -1.36. The van der Waals surface area contributed by atoms with Crippen LogP contribution < -0.4 is 4.74 Å². The molecule has 1 aliphatic rings. The van der Waals surface area contributed by atoms with Gasteiger partial charge in [-0.1, -0.05) is 29.8 Å². The molecule has 0 saturated carbocycles. The van der Waals surface area contributed by atoms with Crippen molar-refractivity contribution < 1.29 is 19.4 Å². The topological polar surface area (TPSA) is 63.6 Å². The van der Waals surface area contributed by atoms with Crippen molar-refractivity contribution in [3.8, 4) is 5.75 Å². The van der Waals surface area contributed by atoms with E-state index in [2.05, 4.69) is 15.9 Å². The standard InChI is InChI=1S/C14H15BrO4/c1-7(8(2)14(17)18)12(16)11-6-10(15)5-9-3-4-19-13(9)11/h5-8H,3-4H2,1-2H3,(H,17,18). The van der Waals surface area contributed by atoms with Crippen molar-refractivity contribution in [3.05, 3.63) is 27.7 Å². The number of hydrogen-bond acceptors (Lipinski definition) is 3. The van der Waals surface area contributed by atoms with Gasteiger partial charge in [-0.25, -0.2) is 0 Å². The number of aliphatic carboxylic acids is 1. The second-order valence-electron chi connectivity index (χ2n) is 4.82. The maximum Gasteiger partial charge on any atom is 0.306 e. The second-order valence-corrected chi connectivity index (χ2v) is 5.74. The molecule has 1 aromatic rings. The lowest BCUT2D eigenvalue weighted by Crippen LogP contribution is -2.25. The van der Waals surface area contributed by atoms with Gasteiger partial charge in [-0.3, -0.25) is 9.59 Å². The van der Waals surface area contributed by atoms with Crippen LogP contribution in [0, 0.1) is 11.8 Å². The number of carboxylic acids is 1. The molecule has 2 atom stereocenters.